The van der Waals surface area contributed by atoms with E-state index < -0.39 is 4.92 Å². The van der Waals surface area contributed by atoms with E-state index in [0.717, 1.165) is 0 Å². The van der Waals surface area contributed by atoms with Crippen molar-refractivity contribution < 1.29 is 9.72 Å². The van der Waals surface area contributed by atoms with Crippen molar-refractivity contribution in [2.75, 3.05) is 5.33 Å². The van der Waals surface area contributed by atoms with E-state index in [9.17, 15) is 14.9 Å². The number of nitrogens with one attached hydrogen (secondary N) is 1. The lowest BCUT2D eigenvalue weighted by Gasteiger charge is -2.09. The molecule has 1 amide bonds. The number of nitro groups is 1. The average molecular weight is 380 g/mol. The van der Waals surface area contributed by atoms with Gasteiger partial charge in [0.1, 0.15) is 0 Å². The van der Waals surface area contributed by atoms with Gasteiger partial charge in [-0.15, -0.1) is 0 Å². The largest absolute Gasteiger partial charge is 0.351 e. The van der Waals surface area contributed by atoms with Gasteiger partial charge in [0.2, 0.25) is 5.91 Å². The van der Waals surface area contributed by atoms with Crippen LogP contribution in [0.3, 0.4) is 0 Å². The molecule has 0 bridgehead atoms. The fraction of sp³-hybridized carbons (Fsp3) is 0.364. The van der Waals surface area contributed by atoms with E-state index in [1.807, 2.05) is 0 Å². The van der Waals surface area contributed by atoms with Gasteiger partial charge in [0.25, 0.3) is 5.69 Å². The van der Waals surface area contributed by atoms with E-state index >= 15 is 0 Å². The summed E-state index contributed by atoms with van der Waals surface area (Å²) >= 11 is 6.49. The number of benzene rings is 1. The van der Waals surface area contributed by atoms with Crippen molar-refractivity contribution in [2.45, 2.75) is 17.8 Å². The molecule has 1 atom stereocenters. The third-order valence-corrected chi connectivity index (χ3v) is 3.62. The summed E-state index contributed by atoms with van der Waals surface area (Å²) in [5, 5.41) is 14.2. The normalized spacial score (nSPS) is 11.9. The van der Waals surface area contributed by atoms with Crippen molar-refractivity contribution in [2.24, 2.45) is 0 Å². The molecule has 0 aliphatic rings. The number of nitro benzene ring substituents is 1. The van der Waals surface area contributed by atoms with Gasteiger partial charge in [-0.1, -0.05) is 50.1 Å². The van der Waals surface area contributed by atoms with Crippen LogP contribution in [0, 0.1) is 10.1 Å². The van der Waals surface area contributed by atoms with Gasteiger partial charge in [-0.05, 0) is 6.42 Å². The van der Waals surface area contributed by atoms with Crippen LogP contribution in [0.1, 0.15) is 12.0 Å². The molecular weight excluding hydrogens is 368 g/mol. The number of carbonyl (C=O) groups excluding carboxylic acids is 1. The summed E-state index contributed by atoms with van der Waals surface area (Å²) < 4.78 is 0. The Hall–Kier alpha value is -0.950. The lowest BCUT2D eigenvalue weighted by atomic mass is 10.2. The first-order valence-electron chi connectivity index (χ1n) is 5.26. The van der Waals surface area contributed by atoms with Crippen molar-refractivity contribution in [3.8, 4) is 0 Å². The molecular formula is C11H12Br2N2O3. The molecule has 0 radical (unpaired) electrons. The molecule has 0 aromatic heterocycles. The Labute approximate surface area is 121 Å². The van der Waals surface area contributed by atoms with E-state index in [1.54, 1.807) is 18.2 Å². The van der Waals surface area contributed by atoms with E-state index in [-0.39, 0.29) is 23.0 Å². The standard InChI is InChI=1S/C11H12Br2N2O3/c12-6-5-9(13)11(16)14-7-8-3-1-2-4-10(8)15(17)18/h1-4,9H,5-7H2,(H,14,16). The van der Waals surface area contributed by atoms with E-state index in [1.165, 1.54) is 6.07 Å². The molecule has 1 rings (SSSR count). The molecule has 1 N–H and O–H groups in total. The number of nitrogens with zero attached hydrogens (tertiary/aromatic N) is 1. The second-order valence-corrected chi connectivity index (χ2v) is 5.45. The molecule has 5 nitrogen and oxygen atoms in total. The predicted molar refractivity (Wildman–Crippen MR) is 76.1 cm³/mol. The number of hydrogen-bond acceptors (Lipinski definition) is 3. The first-order chi connectivity index (χ1) is 8.56. The molecule has 7 heteroatoms. The van der Waals surface area contributed by atoms with Crippen molar-refractivity contribution in [3.63, 3.8) is 0 Å². The van der Waals surface area contributed by atoms with Gasteiger partial charge >= 0.3 is 0 Å². The van der Waals surface area contributed by atoms with Crippen molar-refractivity contribution in [1.82, 2.24) is 5.32 Å². The average Bonchev–Trinajstić information content (AvgIpc) is 2.36. The van der Waals surface area contributed by atoms with Crippen molar-refractivity contribution in [3.05, 3.63) is 39.9 Å². The zero-order chi connectivity index (χ0) is 13.5. The molecule has 0 aliphatic heterocycles. The van der Waals surface area contributed by atoms with Crippen molar-refractivity contribution in [1.29, 1.82) is 0 Å². The highest BCUT2D eigenvalue weighted by molar-refractivity contribution is 9.10. The molecule has 0 fully saturated rings. The van der Waals surface area contributed by atoms with Gasteiger partial charge < -0.3 is 5.32 Å². The minimum Gasteiger partial charge on any atom is -0.351 e. The maximum atomic E-state index is 11.6. The minimum atomic E-state index is -0.453. The molecule has 0 saturated heterocycles. The lowest BCUT2D eigenvalue weighted by Crippen LogP contribution is -2.31. The van der Waals surface area contributed by atoms with Gasteiger partial charge in [0.05, 0.1) is 9.75 Å². The van der Waals surface area contributed by atoms with Gasteiger partial charge in [-0.2, -0.15) is 0 Å². The highest BCUT2D eigenvalue weighted by Gasteiger charge is 2.16. The first-order valence-corrected chi connectivity index (χ1v) is 7.30. The second kappa shape index (κ2) is 7.48. The van der Waals surface area contributed by atoms with Crippen LogP contribution in [-0.2, 0) is 11.3 Å². The maximum Gasteiger partial charge on any atom is 0.274 e. The number of para-hydroxylation sites is 1. The summed E-state index contributed by atoms with van der Waals surface area (Å²) in [6.07, 6.45) is 0.655. The summed E-state index contributed by atoms with van der Waals surface area (Å²) in [5.74, 6) is -0.174. The van der Waals surface area contributed by atoms with E-state index in [2.05, 4.69) is 37.2 Å². The summed E-state index contributed by atoms with van der Waals surface area (Å²) in [4.78, 5) is 21.7. The molecule has 18 heavy (non-hydrogen) atoms. The minimum absolute atomic E-state index is 0.0180. The Morgan fingerprint density at radius 2 is 2.11 bits per heavy atom. The molecule has 0 spiro atoms. The summed E-state index contributed by atoms with van der Waals surface area (Å²) in [5.41, 5.74) is 0.513. The van der Waals surface area contributed by atoms with Crippen LogP contribution < -0.4 is 5.32 Å². The Bertz CT molecular complexity index is 440. The van der Waals surface area contributed by atoms with Crippen LogP contribution in [0.2, 0.25) is 0 Å². The lowest BCUT2D eigenvalue weighted by molar-refractivity contribution is -0.385. The zero-order valence-corrected chi connectivity index (χ0v) is 12.6. The molecule has 98 valence electrons. The Balaban J connectivity index is 2.64. The van der Waals surface area contributed by atoms with Crippen LogP contribution in [-0.4, -0.2) is 21.0 Å². The Morgan fingerprint density at radius 1 is 1.44 bits per heavy atom. The Kier molecular flexibility index (Phi) is 6.28. The molecule has 0 aliphatic carbocycles. The van der Waals surface area contributed by atoms with Gasteiger partial charge in [-0.3, -0.25) is 14.9 Å². The third-order valence-electron chi connectivity index (χ3n) is 2.29. The van der Waals surface area contributed by atoms with Crippen LogP contribution in [0.15, 0.2) is 24.3 Å². The highest BCUT2D eigenvalue weighted by Crippen LogP contribution is 2.17. The summed E-state index contributed by atoms with van der Waals surface area (Å²) in [6.45, 7) is 0.153. The Morgan fingerprint density at radius 3 is 2.72 bits per heavy atom. The van der Waals surface area contributed by atoms with Gasteiger partial charge in [0, 0.05) is 23.5 Å². The summed E-state index contributed by atoms with van der Waals surface area (Å²) in [7, 11) is 0. The number of hydrogen-bond donors (Lipinski definition) is 1. The quantitative estimate of drug-likeness (QED) is 0.469. The maximum absolute atomic E-state index is 11.6. The first kappa shape index (κ1) is 15.1. The smallest absolute Gasteiger partial charge is 0.274 e. The number of halogens is 2. The fourth-order valence-electron chi connectivity index (χ4n) is 1.36. The van der Waals surface area contributed by atoms with Crippen molar-refractivity contribution >= 4 is 43.5 Å². The second-order valence-electron chi connectivity index (χ2n) is 3.55. The predicted octanol–water partition coefficient (Wildman–Crippen LogP) is 2.76. The third kappa shape index (κ3) is 4.38. The molecule has 1 aromatic carbocycles. The number of carbonyl (C=O) groups is 1. The number of alkyl halides is 2. The van der Waals surface area contributed by atoms with E-state index in [4.69, 9.17) is 0 Å². The fourth-order valence-corrected chi connectivity index (χ4v) is 2.82. The monoisotopic (exact) mass is 378 g/mol. The molecule has 1 aromatic rings. The van der Waals surface area contributed by atoms with Crippen LogP contribution in [0.5, 0.6) is 0 Å². The van der Waals surface area contributed by atoms with Crippen LogP contribution in [0.25, 0.3) is 0 Å². The highest BCUT2D eigenvalue weighted by atomic mass is 79.9. The molecule has 0 heterocycles. The van der Waals surface area contributed by atoms with Gasteiger partial charge in [-0.25, -0.2) is 0 Å². The van der Waals surface area contributed by atoms with Gasteiger partial charge in [0.15, 0.2) is 0 Å². The summed E-state index contributed by atoms with van der Waals surface area (Å²) in [6, 6.07) is 6.36. The number of rotatable bonds is 6. The zero-order valence-electron chi connectivity index (χ0n) is 9.44. The van der Waals surface area contributed by atoms with E-state index in [0.29, 0.717) is 17.3 Å². The number of amides is 1. The molecule has 0 saturated carbocycles. The topological polar surface area (TPSA) is 72.2 Å². The SMILES string of the molecule is O=C(NCc1ccccc1[N+](=O)[O-])C(Br)CCBr. The molecule has 1 unspecified atom stereocenters. The van der Waals surface area contributed by atoms with Crippen LogP contribution >= 0.6 is 31.9 Å². The van der Waals surface area contributed by atoms with Crippen LogP contribution in [0.4, 0.5) is 5.69 Å².